The molecule has 2 N–H and O–H groups in total. The van der Waals surface area contributed by atoms with Crippen LogP contribution >= 0.6 is 0 Å². The average molecular weight is 250 g/mol. The molecule has 2 atom stereocenters. The van der Waals surface area contributed by atoms with Gasteiger partial charge < -0.3 is 15.1 Å². The van der Waals surface area contributed by atoms with Crippen LogP contribution in [0.2, 0.25) is 0 Å². The van der Waals surface area contributed by atoms with Gasteiger partial charge in [-0.1, -0.05) is 6.42 Å². The van der Waals surface area contributed by atoms with Gasteiger partial charge in [0.2, 0.25) is 0 Å². The van der Waals surface area contributed by atoms with Gasteiger partial charge in [0.15, 0.2) is 0 Å². The van der Waals surface area contributed by atoms with Crippen molar-refractivity contribution in [2.45, 2.75) is 39.2 Å². The number of furan rings is 1. The molecule has 4 nitrogen and oxygen atoms in total. The Morgan fingerprint density at radius 3 is 2.89 bits per heavy atom. The Labute approximate surface area is 108 Å². The lowest BCUT2D eigenvalue weighted by Gasteiger charge is -2.31. The number of carbonyl (C=O) groups is 1. The summed E-state index contributed by atoms with van der Waals surface area (Å²) in [7, 11) is 0. The molecule has 1 saturated carbocycles. The number of hydrogen-bond donors (Lipinski definition) is 1. The van der Waals surface area contributed by atoms with Crippen molar-refractivity contribution in [1.29, 1.82) is 0 Å². The average Bonchev–Trinajstić information content (AvgIpc) is 2.98. The Morgan fingerprint density at radius 1 is 1.56 bits per heavy atom. The summed E-state index contributed by atoms with van der Waals surface area (Å²) >= 11 is 0. The molecule has 0 spiro atoms. The third-order valence-corrected chi connectivity index (χ3v) is 3.90. The third-order valence-electron chi connectivity index (χ3n) is 3.90. The largest absolute Gasteiger partial charge is 0.469 e. The van der Waals surface area contributed by atoms with E-state index in [-0.39, 0.29) is 5.91 Å². The molecule has 1 fully saturated rings. The Hall–Kier alpha value is -1.29. The predicted octanol–water partition coefficient (Wildman–Crippen LogP) is 2.18. The highest BCUT2D eigenvalue weighted by molar-refractivity contribution is 5.94. The Bertz CT molecular complexity index is 414. The summed E-state index contributed by atoms with van der Waals surface area (Å²) in [5, 5.41) is 0. The Kier molecular flexibility index (Phi) is 4.07. The molecule has 0 saturated heterocycles. The van der Waals surface area contributed by atoms with E-state index in [4.69, 9.17) is 10.2 Å². The maximum atomic E-state index is 12.5. The second-order valence-electron chi connectivity index (χ2n) is 5.03. The molecular weight excluding hydrogens is 228 g/mol. The number of nitrogens with two attached hydrogens (primary N) is 1. The molecule has 1 aliphatic carbocycles. The van der Waals surface area contributed by atoms with Crippen LogP contribution in [0.4, 0.5) is 0 Å². The first-order chi connectivity index (χ1) is 8.67. The fourth-order valence-corrected chi connectivity index (χ4v) is 2.95. The van der Waals surface area contributed by atoms with E-state index >= 15 is 0 Å². The zero-order valence-corrected chi connectivity index (χ0v) is 11.2. The molecule has 1 aromatic rings. The van der Waals surface area contributed by atoms with Gasteiger partial charge in [0.25, 0.3) is 5.91 Å². The van der Waals surface area contributed by atoms with Crippen molar-refractivity contribution in [3.63, 3.8) is 0 Å². The van der Waals surface area contributed by atoms with Crippen LogP contribution in [0.25, 0.3) is 0 Å². The minimum absolute atomic E-state index is 0.0692. The summed E-state index contributed by atoms with van der Waals surface area (Å²) < 4.78 is 5.22. The van der Waals surface area contributed by atoms with Gasteiger partial charge in [-0.05, 0) is 45.2 Å². The number of hydrogen-bond acceptors (Lipinski definition) is 3. The van der Waals surface area contributed by atoms with Gasteiger partial charge in [-0.2, -0.15) is 0 Å². The molecule has 100 valence electrons. The number of rotatable bonds is 4. The number of amides is 1. The molecule has 0 aliphatic heterocycles. The fourth-order valence-electron chi connectivity index (χ4n) is 2.95. The molecule has 1 aliphatic rings. The molecule has 0 radical (unpaired) electrons. The summed E-state index contributed by atoms with van der Waals surface area (Å²) in [5.41, 5.74) is 6.45. The van der Waals surface area contributed by atoms with Crippen molar-refractivity contribution in [2.75, 3.05) is 13.1 Å². The second-order valence-corrected chi connectivity index (χ2v) is 5.03. The predicted molar refractivity (Wildman–Crippen MR) is 70.3 cm³/mol. The van der Waals surface area contributed by atoms with E-state index in [0.717, 1.165) is 25.1 Å². The minimum Gasteiger partial charge on any atom is -0.469 e. The van der Waals surface area contributed by atoms with Gasteiger partial charge in [-0.15, -0.1) is 0 Å². The monoisotopic (exact) mass is 250 g/mol. The lowest BCUT2D eigenvalue weighted by Crippen LogP contribution is -2.44. The van der Waals surface area contributed by atoms with Crippen LogP contribution in [0.1, 0.15) is 42.3 Å². The van der Waals surface area contributed by atoms with E-state index in [0.29, 0.717) is 24.1 Å². The summed E-state index contributed by atoms with van der Waals surface area (Å²) in [5.74, 6) is 1.29. The minimum atomic E-state index is 0.0692. The van der Waals surface area contributed by atoms with E-state index < -0.39 is 0 Å². The second kappa shape index (κ2) is 5.57. The molecule has 18 heavy (non-hydrogen) atoms. The molecule has 2 unspecified atom stereocenters. The van der Waals surface area contributed by atoms with E-state index in [2.05, 4.69) is 0 Å². The number of nitrogens with zero attached hydrogens (tertiary/aromatic N) is 1. The van der Waals surface area contributed by atoms with E-state index in [1.165, 1.54) is 6.42 Å². The van der Waals surface area contributed by atoms with Crippen LogP contribution in [0.15, 0.2) is 16.7 Å². The number of carbonyl (C=O) groups excluding carboxylic acids is 1. The first kappa shape index (κ1) is 13.1. The van der Waals surface area contributed by atoms with Crippen molar-refractivity contribution in [3.8, 4) is 0 Å². The van der Waals surface area contributed by atoms with Crippen molar-refractivity contribution in [1.82, 2.24) is 4.90 Å². The molecule has 0 bridgehead atoms. The van der Waals surface area contributed by atoms with Crippen LogP contribution in [0.5, 0.6) is 0 Å². The standard InChI is InChI=1S/C14H22N2O2/c1-3-16(13-6-4-5-11(13)8-15)14(17)12-7-10(2)18-9-12/h7,9,11,13H,3-6,8,15H2,1-2H3. The SMILES string of the molecule is CCN(C(=O)c1coc(C)c1)C1CCCC1CN. The van der Waals surface area contributed by atoms with Crippen LogP contribution in [0, 0.1) is 12.8 Å². The van der Waals surface area contributed by atoms with E-state index in [1.807, 2.05) is 18.7 Å². The highest BCUT2D eigenvalue weighted by Crippen LogP contribution is 2.30. The normalized spacial score (nSPS) is 23.3. The highest BCUT2D eigenvalue weighted by atomic mass is 16.3. The first-order valence-electron chi connectivity index (χ1n) is 6.73. The molecule has 4 heteroatoms. The fraction of sp³-hybridized carbons (Fsp3) is 0.643. The van der Waals surface area contributed by atoms with Crippen LogP contribution in [-0.2, 0) is 0 Å². The zero-order valence-electron chi connectivity index (χ0n) is 11.2. The van der Waals surface area contributed by atoms with Crippen LogP contribution in [0.3, 0.4) is 0 Å². The zero-order chi connectivity index (χ0) is 13.1. The van der Waals surface area contributed by atoms with Gasteiger partial charge in [0, 0.05) is 12.6 Å². The lowest BCUT2D eigenvalue weighted by molar-refractivity contribution is 0.0651. The van der Waals surface area contributed by atoms with Crippen LogP contribution in [-0.4, -0.2) is 29.9 Å². The van der Waals surface area contributed by atoms with Gasteiger partial charge in [-0.3, -0.25) is 4.79 Å². The maximum Gasteiger partial charge on any atom is 0.257 e. The van der Waals surface area contributed by atoms with Crippen molar-refractivity contribution >= 4 is 5.91 Å². The smallest absolute Gasteiger partial charge is 0.257 e. The molecular formula is C14H22N2O2. The van der Waals surface area contributed by atoms with E-state index in [1.54, 1.807) is 12.3 Å². The van der Waals surface area contributed by atoms with Gasteiger partial charge in [0.1, 0.15) is 12.0 Å². The molecule has 1 heterocycles. The lowest BCUT2D eigenvalue weighted by atomic mass is 10.0. The van der Waals surface area contributed by atoms with Gasteiger partial charge in [0.05, 0.1) is 5.56 Å². The summed E-state index contributed by atoms with van der Waals surface area (Å²) in [6.45, 7) is 5.27. The maximum absolute atomic E-state index is 12.5. The summed E-state index contributed by atoms with van der Waals surface area (Å²) in [6, 6.07) is 2.10. The summed E-state index contributed by atoms with van der Waals surface area (Å²) in [6.07, 6.45) is 4.92. The van der Waals surface area contributed by atoms with Crippen molar-refractivity contribution in [2.24, 2.45) is 11.7 Å². The topological polar surface area (TPSA) is 59.5 Å². The van der Waals surface area contributed by atoms with Crippen LogP contribution < -0.4 is 5.73 Å². The Morgan fingerprint density at radius 2 is 2.33 bits per heavy atom. The highest BCUT2D eigenvalue weighted by Gasteiger charge is 2.33. The molecule has 1 aromatic heterocycles. The van der Waals surface area contributed by atoms with Gasteiger partial charge >= 0.3 is 0 Å². The summed E-state index contributed by atoms with van der Waals surface area (Å²) in [4.78, 5) is 14.4. The quantitative estimate of drug-likeness (QED) is 0.891. The third kappa shape index (κ3) is 2.43. The first-order valence-corrected chi connectivity index (χ1v) is 6.73. The Balaban J connectivity index is 2.15. The van der Waals surface area contributed by atoms with Gasteiger partial charge in [-0.25, -0.2) is 0 Å². The molecule has 0 aromatic carbocycles. The van der Waals surface area contributed by atoms with Crippen molar-refractivity contribution < 1.29 is 9.21 Å². The molecule has 2 rings (SSSR count). The number of aryl methyl sites for hydroxylation is 1. The van der Waals surface area contributed by atoms with Crippen molar-refractivity contribution in [3.05, 3.63) is 23.7 Å². The molecule has 1 amide bonds. The van der Waals surface area contributed by atoms with E-state index in [9.17, 15) is 4.79 Å².